The van der Waals surface area contributed by atoms with Crippen LogP contribution >= 0.6 is 0 Å². The van der Waals surface area contributed by atoms with Crippen LogP contribution in [0.1, 0.15) is 0 Å². The van der Waals surface area contributed by atoms with Crippen molar-refractivity contribution in [2.75, 3.05) is 0 Å². The molecule has 0 unspecified atom stereocenters. The van der Waals surface area contributed by atoms with Crippen LogP contribution in [0.25, 0.3) is 44.8 Å². The monoisotopic (exact) mass is 494 g/mol. The third kappa shape index (κ3) is 4.35. The molecule has 2 heterocycles. The molecule has 0 bridgehead atoms. The Morgan fingerprint density at radius 1 is 0.395 bits per heavy atom. The standard InChI is InChI=1S/C32H22N4O2/c1-2-6-28-27(5-1)33-31(34-28)21-9-13-23(14-10-21)37-25-17-19-26(20-18-25)38-24-15-11-22(12-16-24)32-35-29-7-3-4-8-30(29)36-32/h1-20H,(H,33,34)(H,35,36). The van der Waals surface area contributed by atoms with Gasteiger partial charge in [-0.15, -0.1) is 0 Å². The summed E-state index contributed by atoms with van der Waals surface area (Å²) in [6.45, 7) is 0. The van der Waals surface area contributed by atoms with Crippen molar-refractivity contribution in [3.63, 3.8) is 0 Å². The van der Waals surface area contributed by atoms with E-state index in [0.717, 1.165) is 67.8 Å². The molecule has 0 radical (unpaired) electrons. The molecular weight excluding hydrogens is 472 g/mol. The van der Waals surface area contributed by atoms with Crippen LogP contribution in [0.2, 0.25) is 0 Å². The summed E-state index contributed by atoms with van der Waals surface area (Å²) in [6.07, 6.45) is 0. The smallest absolute Gasteiger partial charge is 0.138 e. The lowest BCUT2D eigenvalue weighted by atomic mass is 10.2. The van der Waals surface area contributed by atoms with Gasteiger partial charge in [-0.1, -0.05) is 24.3 Å². The number of hydrogen-bond acceptors (Lipinski definition) is 4. The summed E-state index contributed by atoms with van der Waals surface area (Å²) < 4.78 is 12.1. The molecule has 0 aliphatic heterocycles. The van der Waals surface area contributed by atoms with Crippen LogP contribution in [0.3, 0.4) is 0 Å². The molecule has 0 aliphatic rings. The van der Waals surface area contributed by atoms with Gasteiger partial charge in [-0.2, -0.15) is 0 Å². The SMILES string of the molecule is c1ccc2[nH]c(-c3ccc(Oc4ccc(Oc5ccc(-c6nc7ccccc7[nH]6)cc5)cc4)cc3)nc2c1. The minimum Gasteiger partial charge on any atom is -0.457 e. The molecule has 0 atom stereocenters. The van der Waals surface area contributed by atoms with E-state index in [1.165, 1.54) is 0 Å². The predicted molar refractivity (Wildman–Crippen MR) is 150 cm³/mol. The minimum atomic E-state index is 0.731. The molecule has 2 N–H and O–H groups in total. The van der Waals surface area contributed by atoms with Gasteiger partial charge in [0.05, 0.1) is 22.1 Å². The van der Waals surface area contributed by atoms with Gasteiger partial charge in [-0.25, -0.2) is 9.97 Å². The predicted octanol–water partition coefficient (Wildman–Crippen LogP) is 8.36. The largest absolute Gasteiger partial charge is 0.457 e. The van der Waals surface area contributed by atoms with E-state index in [0.29, 0.717) is 0 Å². The average molecular weight is 495 g/mol. The van der Waals surface area contributed by atoms with Crippen molar-refractivity contribution in [1.29, 1.82) is 0 Å². The van der Waals surface area contributed by atoms with Crippen LogP contribution < -0.4 is 9.47 Å². The lowest BCUT2D eigenvalue weighted by Crippen LogP contribution is -1.87. The lowest BCUT2D eigenvalue weighted by Gasteiger charge is -2.09. The zero-order valence-electron chi connectivity index (χ0n) is 20.3. The Labute approximate surface area is 218 Å². The van der Waals surface area contributed by atoms with Crippen molar-refractivity contribution in [3.05, 3.63) is 121 Å². The fraction of sp³-hybridized carbons (Fsp3) is 0. The molecule has 0 saturated carbocycles. The van der Waals surface area contributed by atoms with Gasteiger partial charge in [0.25, 0.3) is 0 Å². The Morgan fingerprint density at radius 2 is 0.737 bits per heavy atom. The van der Waals surface area contributed by atoms with E-state index in [-0.39, 0.29) is 0 Å². The molecule has 182 valence electrons. The van der Waals surface area contributed by atoms with Gasteiger partial charge < -0.3 is 19.4 Å². The molecule has 38 heavy (non-hydrogen) atoms. The molecule has 0 saturated heterocycles. The number of hydrogen-bond donors (Lipinski definition) is 2. The van der Waals surface area contributed by atoms with Gasteiger partial charge in [-0.3, -0.25) is 0 Å². The van der Waals surface area contributed by atoms with Crippen molar-refractivity contribution < 1.29 is 9.47 Å². The van der Waals surface area contributed by atoms with Crippen molar-refractivity contribution >= 4 is 22.1 Å². The highest BCUT2D eigenvalue weighted by Gasteiger charge is 2.07. The topological polar surface area (TPSA) is 75.8 Å². The van der Waals surface area contributed by atoms with Gasteiger partial charge in [0, 0.05) is 11.1 Å². The Hall–Kier alpha value is -5.36. The van der Waals surface area contributed by atoms with Crippen molar-refractivity contribution in [2.24, 2.45) is 0 Å². The highest BCUT2D eigenvalue weighted by atomic mass is 16.5. The quantitative estimate of drug-likeness (QED) is 0.244. The number of ether oxygens (including phenoxy) is 2. The third-order valence-electron chi connectivity index (χ3n) is 6.33. The van der Waals surface area contributed by atoms with E-state index >= 15 is 0 Å². The molecule has 0 aliphatic carbocycles. The first-order chi connectivity index (χ1) is 18.8. The van der Waals surface area contributed by atoms with E-state index < -0.39 is 0 Å². The summed E-state index contributed by atoms with van der Waals surface area (Å²) in [4.78, 5) is 16.0. The maximum absolute atomic E-state index is 6.03. The lowest BCUT2D eigenvalue weighted by molar-refractivity contribution is 0.469. The first kappa shape index (κ1) is 21.9. The molecule has 2 aromatic heterocycles. The second kappa shape index (κ2) is 9.26. The van der Waals surface area contributed by atoms with E-state index in [1.54, 1.807) is 0 Å². The maximum Gasteiger partial charge on any atom is 0.138 e. The van der Waals surface area contributed by atoms with Crippen LogP contribution in [0, 0.1) is 0 Å². The molecular formula is C32H22N4O2. The first-order valence-electron chi connectivity index (χ1n) is 12.3. The number of nitrogens with zero attached hydrogens (tertiary/aromatic N) is 2. The van der Waals surface area contributed by atoms with Crippen LogP contribution in [-0.4, -0.2) is 19.9 Å². The Morgan fingerprint density at radius 3 is 1.11 bits per heavy atom. The van der Waals surface area contributed by atoms with Crippen molar-refractivity contribution in [1.82, 2.24) is 19.9 Å². The molecule has 5 aromatic carbocycles. The second-order valence-corrected chi connectivity index (χ2v) is 8.93. The maximum atomic E-state index is 6.03. The number of imidazole rings is 2. The Balaban J connectivity index is 1.00. The van der Waals surface area contributed by atoms with Gasteiger partial charge in [0.2, 0.25) is 0 Å². The minimum absolute atomic E-state index is 0.731. The number of rotatable bonds is 6. The number of nitrogens with one attached hydrogen (secondary N) is 2. The molecule has 0 fully saturated rings. The zero-order valence-corrected chi connectivity index (χ0v) is 20.3. The summed E-state index contributed by atoms with van der Waals surface area (Å²) in [5, 5.41) is 0. The number of aromatic nitrogens is 4. The van der Waals surface area contributed by atoms with E-state index in [1.807, 2.05) is 121 Å². The Kier molecular flexibility index (Phi) is 5.33. The van der Waals surface area contributed by atoms with Gasteiger partial charge in [0.1, 0.15) is 34.6 Å². The normalized spacial score (nSPS) is 11.2. The molecule has 6 nitrogen and oxygen atoms in total. The summed E-state index contributed by atoms with van der Waals surface area (Å²) >= 11 is 0. The highest BCUT2D eigenvalue weighted by molar-refractivity contribution is 5.80. The van der Waals surface area contributed by atoms with Crippen LogP contribution in [-0.2, 0) is 0 Å². The van der Waals surface area contributed by atoms with Gasteiger partial charge in [0.15, 0.2) is 0 Å². The van der Waals surface area contributed by atoms with E-state index in [9.17, 15) is 0 Å². The fourth-order valence-corrected chi connectivity index (χ4v) is 4.39. The average Bonchev–Trinajstić information content (AvgIpc) is 3.60. The highest BCUT2D eigenvalue weighted by Crippen LogP contribution is 2.30. The fourth-order valence-electron chi connectivity index (χ4n) is 4.39. The summed E-state index contributed by atoms with van der Waals surface area (Å²) in [7, 11) is 0. The summed E-state index contributed by atoms with van der Waals surface area (Å²) in [6, 6.07) is 39.3. The van der Waals surface area contributed by atoms with Crippen molar-refractivity contribution in [2.45, 2.75) is 0 Å². The second-order valence-electron chi connectivity index (χ2n) is 8.93. The molecule has 0 spiro atoms. The number of benzene rings is 5. The zero-order chi connectivity index (χ0) is 25.3. The summed E-state index contributed by atoms with van der Waals surface area (Å²) in [5.74, 6) is 4.64. The molecule has 6 heteroatoms. The van der Waals surface area contributed by atoms with Crippen LogP contribution in [0.5, 0.6) is 23.0 Å². The van der Waals surface area contributed by atoms with E-state index in [2.05, 4.69) is 19.9 Å². The number of aromatic amines is 2. The molecule has 0 amide bonds. The van der Waals surface area contributed by atoms with Crippen LogP contribution in [0.4, 0.5) is 0 Å². The Bertz CT molecular complexity index is 1650. The number of para-hydroxylation sites is 4. The molecule has 7 aromatic rings. The van der Waals surface area contributed by atoms with Crippen molar-refractivity contribution in [3.8, 4) is 45.8 Å². The van der Waals surface area contributed by atoms with Crippen LogP contribution in [0.15, 0.2) is 121 Å². The third-order valence-corrected chi connectivity index (χ3v) is 6.33. The van der Waals surface area contributed by atoms with E-state index in [4.69, 9.17) is 9.47 Å². The summed E-state index contributed by atoms with van der Waals surface area (Å²) in [5.41, 5.74) is 5.95. The first-order valence-corrected chi connectivity index (χ1v) is 12.3. The van der Waals surface area contributed by atoms with Gasteiger partial charge >= 0.3 is 0 Å². The number of H-pyrrole nitrogens is 2. The molecule has 7 rings (SSSR count). The number of fused-ring (bicyclic) bond motifs is 2. The van der Waals surface area contributed by atoms with Gasteiger partial charge in [-0.05, 0) is 97.1 Å².